The van der Waals surface area contributed by atoms with Crippen LogP contribution in [0.2, 0.25) is 0 Å². The van der Waals surface area contributed by atoms with Gasteiger partial charge in [-0.1, -0.05) is 6.07 Å². The zero-order valence-electron chi connectivity index (χ0n) is 17.8. The summed E-state index contributed by atoms with van der Waals surface area (Å²) in [6.45, 7) is 3.12. The number of nitrogens with one attached hydrogen (secondary N) is 1. The SMILES string of the molecule is CN(C)C1CCN(Cc2ccc3cc(Oc4ccc(-c5ccn[nH]5)cn4)ccc3n2)C1. The fourth-order valence-corrected chi connectivity index (χ4v) is 4.04. The average Bonchev–Trinajstić information content (AvgIpc) is 3.47. The molecule has 5 rings (SSSR count). The van der Waals surface area contributed by atoms with E-state index >= 15 is 0 Å². The first-order valence-electron chi connectivity index (χ1n) is 10.6. The third kappa shape index (κ3) is 4.42. The molecule has 0 spiro atoms. The lowest BCUT2D eigenvalue weighted by Gasteiger charge is -2.20. The molecule has 0 saturated carbocycles. The van der Waals surface area contributed by atoms with Gasteiger partial charge in [-0.05, 0) is 56.9 Å². The van der Waals surface area contributed by atoms with Crippen LogP contribution in [-0.4, -0.2) is 63.2 Å². The Balaban J connectivity index is 1.27. The number of nitrogens with zero attached hydrogens (tertiary/aromatic N) is 5. The van der Waals surface area contributed by atoms with Gasteiger partial charge in [0.1, 0.15) is 5.75 Å². The van der Waals surface area contributed by atoms with E-state index in [9.17, 15) is 0 Å². The number of benzene rings is 1. The molecule has 1 fully saturated rings. The fraction of sp³-hybridized carbons (Fsp3) is 0.292. The van der Waals surface area contributed by atoms with E-state index in [0.29, 0.717) is 11.9 Å². The van der Waals surface area contributed by atoms with Gasteiger partial charge in [0.2, 0.25) is 5.88 Å². The Morgan fingerprint density at radius 2 is 2.06 bits per heavy atom. The highest BCUT2D eigenvalue weighted by atomic mass is 16.5. The summed E-state index contributed by atoms with van der Waals surface area (Å²) >= 11 is 0. The van der Waals surface area contributed by atoms with Gasteiger partial charge in [0.25, 0.3) is 0 Å². The van der Waals surface area contributed by atoms with Crippen molar-refractivity contribution in [2.45, 2.75) is 19.0 Å². The summed E-state index contributed by atoms with van der Waals surface area (Å²) in [5.41, 5.74) is 3.99. The number of ether oxygens (including phenoxy) is 1. The fourth-order valence-electron chi connectivity index (χ4n) is 4.04. The lowest BCUT2D eigenvalue weighted by Crippen LogP contribution is -2.31. The van der Waals surface area contributed by atoms with Crippen LogP contribution in [0.3, 0.4) is 0 Å². The summed E-state index contributed by atoms with van der Waals surface area (Å²) in [5.74, 6) is 1.30. The number of aromatic amines is 1. The molecule has 1 N–H and O–H groups in total. The molecule has 31 heavy (non-hydrogen) atoms. The van der Waals surface area contributed by atoms with Gasteiger partial charge in [-0.2, -0.15) is 5.10 Å². The average molecular weight is 415 g/mol. The third-order valence-corrected chi connectivity index (χ3v) is 5.85. The molecule has 1 aliphatic heterocycles. The summed E-state index contributed by atoms with van der Waals surface area (Å²) in [7, 11) is 4.32. The van der Waals surface area contributed by atoms with Gasteiger partial charge in [0.05, 0.1) is 16.9 Å². The molecule has 0 radical (unpaired) electrons. The predicted octanol–water partition coefficient (Wildman–Crippen LogP) is 3.95. The van der Waals surface area contributed by atoms with Crippen LogP contribution in [-0.2, 0) is 6.54 Å². The van der Waals surface area contributed by atoms with Crippen LogP contribution >= 0.6 is 0 Å². The normalized spacial score (nSPS) is 16.9. The van der Waals surface area contributed by atoms with Crippen molar-refractivity contribution >= 4 is 10.9 Å². The van der Waals surface area contributed by atoms with Gasteiger partial charge >= 0.3 is 0 Å². The number of hydrogen-bond acceptors (Lipinski definition) is 6. The molecule has 0 bridgehead atoms. The van der Waals surface area contributed by atoms with Crippen molar-refractivity contribution in [2.24, 2.45) is 0 Å². The molecule has 1 saturated heterocycles. The van der Waals surface area contributed by atoms with Crippen molar-refractivity contribution in [3.05, 3.63) is 66.6 Å². The second-order valence-electron chi connectivity index (χ2n) is 8.26. The number of fused-ring (bicyclic) bond motifs is 1. The first kappa shape index (κ1) is 19.7. The summed E-state index contributed by atoms with van der Waals surface area (Å²) in [4.78, 5) is 14.1. The Kier molecular flexibility index (Phi) is 5.36. The quantitative estimate of drug-likeness (QED) is 0.515. The Morgan fingerprint density at radius 3 is 2.81 bits per heavy atom. The van der Waals surface area contributed by atoms with E-state index in [1.165, 1.54) is 6.42 Å². The molecule has 1 aliphatic rings. The molecule has 7 heteroatoms. The van der Waals surface area contributed by atoms with Crippen molar-refractivity contribution in [1.29, 1.82) is 0 Å². The van der Waals surface area contributed by atoms with E-state index in [0.717, 1.165) is 53.2 Å². The van der Waals surface area contributed by atoms with Gasteiger partial charge < -0.3 is 9.64 Å². The van der Waals surface area contributed by atoms with Crippen LogP contribution in [0.25, 0.3) is 22.2 Å². The minimum absolute atomic E-state index is 0.552. The lowest BCUT2D eigenvalue weighted by molar-refractivity contribution is 0.263. The van der Waals surface area contributed by atoms with Crippen LogP contribution in [0.15, 0.2) is 60.9 Å². The Bertz CT molecular complexity index is 1160. The number of pyridine rings is 2. The monoisotopic (exact) mass is 414 g/mol. The highest BCUT2D eigenvalue weighted by Gasteiger charge is 2.24. The molecule has 0 amide bonds. The van der Waals surface area contributed by atoms with Crippen molar-refractivity contribution in [1.82, 2.24) is 30.0 Å². The van der Waals surface area contributed by atoms with Crippen LogP contribution in [0.1, 0.15) is 12.1 Å². The number of likely N-dealkylation sites (tertiary alicyclic amines) is 1. The second-order valence-corrected chi connectivity index (χ2v) is 8.26. The van der Waals surface area contributed by atoms with Crippen LogP contribution in [0.4, 0.5) is 0 Å². The Hall–Kier alpha value is -3.29. The number of aromatic nitrogens is 4. The molecular formula is C24H26N6O. The highest BCUT2D eigenvalue weighted by Crippen LogP contribution is 2.26. The molecule has 1 atom stereocenters. The largest absolute Gasteiger partial charge is 0.439 e. The first-order valence-corrected chi connectivity index (χ1v) is 10.6. The molecule has 4 heterocycles. The molecule has 1 aromatic carbocycles. The zero-order chi connectivity index (χ0) is 21.2. The van der Waals surface area contributed by atoms with Crippen molar-refractivity contribution < 1.29 is 4.74 Å². The van der Waals surface area contributed by atoms with E-state index in [2.05, 4.69) is 51.2 Å². The van der Waals surface area contributed by atoms with Crippen molar-refractivity contribution in [2.75, 3.05) is 27.2 Å². The smallest absolute Gasteiger partial charge is 0.219 e. The molecule has 158 valence electrons. The minimum atomic E-state index is 0.552. The van der Waals surface area contributed by atoms with Crippen LogP contribution in [0.5, 0.6) is 11.6 Å². The maximum Gasteiger partial charge on any atom is 0.219 e. The standard InChI is InChI=1S/C24H26N6O/c1-29(2)20-10-12-30(16-20)15-19-5-3-17-13-21(6-7-22(17)27-19)31-24-8-4-18(14-25-24)23-9-11-26-28-23/h3-9,11,13-14,20H,10,12,15-16H2,1-2H3,(H,26,28). The van der Waals surface area contributed by atoms with Gasteiger partial charge in [-0.3, -0.25) is 15.0 Å². The highest BCUT2D eigenvalue weighted by molar-refractivity contribution is 5.80. The number of likely N-dealkylation sites (N-methyl/N-ethyl adjacent to an activating group) is 1. The maximum absolute atomic E-state index is 5.95. The summed E-state index contributed by atoms with van der Waals surface area (Å²) < 4.78 is 5.95. The second kappa shape index (κ2) is 8.45. The summed E-state index contributed by atoms with van der Waals surface area (Å²) in [6.07, 6.45) is 4.72. The molecule has 3 aromatic heterocycles. The number of H-pyrrole nitrogens is 1. The van der Waals surface area contributed by atoms with Crippen molar-refractivity contribution in [3.63, 3.8) is 0 Å². The van der Waals surface area contributed by atoms with Gasteiger partial charge in [-0.15, -0.1) is 0 Å². The van der Waals surface area contributed by atoms with E-state index in [4.69, 9.17) is 9.72 Å². The van der Waals surface area contributed by atoms with Crippen LogP contribution < -0.4 is 4.74 Å². The molecule has 4 aromatic rings. The third-order valence-electron chi connectivity index (χ3n) is 5.85. The summed E-state index contributed by atoms with van der Waals surface area (Å²) in [5, 5.41) is 7.96. The lowest BCUT2D eigenvalue weighted by atomic mass is 10.2. The zero-order valence-corrected chi connectivity index (χ0v) is 17.8. The molecule has 1 unspecified atom stereocenters. The predicted molar refractivity (Wildman–Crippen MR) is 121 cm³/mol. The van der Waals surface area contributed by atoms with Crippen LogP contribution in [0, 0.1) is 0 Å². The van der Waals surface area contributed by atoms with Gasteiger partial charge in [0, 0.05) is 55.1 Å². The summed E-state index contributed by atoms with van der Waals surface area (Å²) in [6, 6.07) is 16.6. The topological polar surface area (TPSA) is 70.2 Å². The van der Waals surface area contributed by atoms with E-state index in [-0.39, 0.29) is 0 Å². The van der Waals surface area contributed by atoms with E-state index < -0.39 is 0 Å². The first-order chi connectivity index (χ1) is 15.1. The number of hydrogen-bond donors (Lipinski definition) is 1. The molecular weight excluding hydrogens is 388 g/mol. The van der Waals surface area contributed by atoms with Gasteiger partial charge in [-0.25, -0.2) is 4.98 Å². The van der Waals surface area contributed by atoms with E-state index in [1.54, 1.807) is 12.4 Å². The van der Waals surface area contributed by atoms with Crippen molar-refractivity contribution in [3.8, 4) is 22.9 Å². The van der Waals surface area contributed by atoms with E-state index in [1.807, 2.05) is 36.4 Å². The molecule has 0 aliphatic carbocycles. The van der Waals surface area contributed by atoms with Gasteiger partial charge in [0.15, 0.2) is 0 Å². The number of rotatable bonds is 6. The molecule has 7 nitrogen and oxygen atoms in total. The Morgan fingerprint density at radius 1 is 1.13 bits per heavy atom. The minimum Gasteiger partial charge on any atom is -0.439 e. The maximum atomic E-state index is 5.95. The Labute approximate surface area is 181 Å².